The van der Waals surface area contributed by atoms with E-state index in [1.54, 1.807) is 31.2 Å². The molecule has 1 aliphatic heterocycles. The average Bonchev–Trinajstić information content (AvgIpc) is 2.95. The molecule has 1 aromatic carbocycles. The summed E-state index contributed by atoms with van der Waals surface area (Å²) in [5, 5.41) is 0.193. The molecule has 1 atom stereocenters. The summed E-state index contributed by atoms with van der Waals surface area (Å²) in [7, 11) is -3.67. The molecule has 128 valence electrons. The van der Waals surface area contributed by atoms with Crippen LogP contribution in [0.1, 0.15) is 12.2 Å². The van der Waals surface area contributed by atoms with Crippen molar-refractivity contribution in [3.63, 3.8) is 0 Å². The van der Waals surface area contributed by atoms with Gasteiger partial charge in [-0.15, -0.1) is 0 Å². The second kappa shape index (κ2) is 6.58. The lowest BCUT2D eigenvalue weighted by Gasteiger charge is -2.18. The van der Waals surface area contributed by atoms with Gasteiger partial charge in [0.2, 0.25) is 10.0 Å². The number of hydrogen-bond acceptors (Lipinski definition) is 5. The van der Waals surface area contributed by atoms with Crippen LogP contribution in [-0.4, -0.2) is 31.9 Å². The van der Waals surface area contributed by atoms with Crippen LogP contribution in [0.4, 0.5) is 0 Å². The van der Waals surface area contributed by atoms with Crippen molar-refractivity contribution in [3.05, 3.63) is 57.6 Å². The third-order valence-corrected chi connectivity index (χ3v) is 6.10. The normalized spacial score (nSPS) is 18.7. The topological polar surface area (TPSA) is 76.8 Å². The van der Waals surface area contributed by atoms with Crippen LogP contribution in [0.25, 0.3) is 0 Å². The molecular formula is C16H16ClNO5S. The number of sulfonamides is 1. The van der Waals surface area contributed by atoms with Crippen molar-refractivity contribution in [2.75, 3.05) is 13.1 Å². The number of hydrogen-bond donors (Lipinski definition) is 0. The third kappa shape index (κ3) is 3.48. The SMILES string of the molecule is Cc1cc(O[C@@H]2CCN(S(=O)(=O)c3ccccc3Cl)C2)cc(=O)o1. The van der Waals surface area contributed by atoms with Crippen LogP contribution in [0.15, 0.2) is 50.5 Å². The van der Waals surface area contributed by atoms with Gasteiger partial charge in [-0.25, -0.2) is 13.2 Å². The molecule has 1 aromatic heterocycles. The van der Waals surface area contributed by atoms with Crippen molar-refractivity contribution in [1.29, 1.82) is 0 Å². The molecule has 0 amide bonds. The number of rotatable bonds is 4. The minimum atomic E-state index is -3.67. The van der Waals surface area contributed by atoms with Gasteiger partial charge in [-0.3, -0.25) is 0 Å². The quantitative estimate of drug-likeness (QED) is 0.827. The number of benzene rings is 1. The first kappa shape index (κ1) is 17.0. The fraction of sp³-hybridized carbons (Fsp3) is 0.312. The Morgan fingerprint density at radius 2 is 2.04 bits per heavy atom. The van der Waals surface area contributed by atoms with Gasteiger partial charge in [0.1, 0.15) is 22.5 Å². The van der Waals surface area contributed by atoms with Crippen LogP contribution in [0.5, 0.6) is 5.75 Å². The standard InChI is InChI=1S/C16H16ClNO5S/c1-11-8-13(9-16(19)22-11)23-12-6-7-18(10-12)24(20,21)15-5-3-2-4-14(15)17/h2-5,8-9,12H,6-7,10H2,1H3/t12-/m1/s1. The molecule has 2 aromatic rings. The minimum Gasteiger partial charge on any atom is -0.489 e. The Kier molecular flexibility index (Phi) is 4.67. The van der Waals surface area contributed by atoms with E-state index < -0.39 is 15.6 Å². The predicted molar refractivity (Wildman–Crippen MR) is 89.0 cm³/mol. The molecule has 0 aliphatic carbocycles. The van der Waals surface area contributed by atoms with Crippen molar-refractivity contribution in [3.8, 4) is 5.75 Å². The first-order chi connectivity index (χ1) is 11.4. The Morgan fingerprint density at radius 3 is 2.75 bits per heavy atom. The highest BCUT2D eigenvalue weighted by molar-refractivity contribution is 7.89. The van der Waals surface area contributed by atoms with E-state index in [1.807, 2.05) is 0 Å². The lowest BCUT2D eigenvalue weighted by atomic mass is 10.3. The first-order valence-corrected chi connectivity index (χ1v) is 9.21. The van der Waals surface area contributed by atoms with E-state index in [4.69, 9.17) is 20.8 Å². The summed E-state index contributed by atoms with van der Waals surface area (Å²) in [5.41, 5.74) is -0.497. The van der Waals surface area contributed by atoms with Crippen molar-refractivity contribution in [1.82, 2.24) is 4.31 Å². The van der Waals surface area contributed by atoms with Crippen molar-refractivity contribution in [2.24, 2.45) is 0 Å². The molecule has 6 nitrogen and oxygen atoms in total. The van der Waals surface area contributed by atoms with Crippen LogP contribution in [0.3, 0.4) is 0 Å². The molecule has 2 heterocycles. The summed E-state index contributed by atoms with van der Waals surface area (Å²) in [6.45, 7) is 2.18. The van der Waals surface area contributed by atoms with Crippen molar-refractivity contribution < 1.29 is 17.6 Å². The fourth-order valence-electron chi connectivity index (χ4n) is 2.64. The maximum atomic E-state index is 12.7. The van der Waals surface area contributed by atoms with E-state index in [-0.39, 0.29) is 22.6 Å². The van der Waals surface area contributed by atoms with Crippen LogP contribution in [0.2, 0.25) is 5.02 Å². The fourth-order valence-corrected chi connectivity index (χ4v) is 4.62. The molecular weight excluding hydrogens is 354 g/mol. The summed E-state index contributed by atoms with van der Waals surface area (Å²) >= 11 is 6.01. The summed E-state index contributed by atoms with van der Waals surface area (Å²) in [6.07, 6.45) is 0.201. The van der Waals surface area contributed by atoms with Gasteiger partial charge in [0.05, 0.1) is 17.6 Å². The van der Waals surface area contributed by atoms with E-state index in [9.17, 15) is 13.2 Å². The summed E-state index contributed by atoms with van der Waals surface area (Å²) in [6, 6.07) is 9.20. The van der Waals surface area contributed by atoms with Gasteiger partial charge in [-0.2, -0.15) is 4.31 Å². The molecule has 0 unspecified atom stereocenters. The summed E-state index contributed by atoms with van der Waals surface area (Å²) < 4.78 is 37.3. The van der Waals surface area contributed by atoms with Gasteiger partial charge in [-0.05, 0) is 25.5 Å². The number of ether oxygens (including phenoxy) is 1. The maximum absolute atomic E-state index is 12.7. The smallest absolute Gasteiger partial charge is 0.339 e. The van der Waals surface area contributed by atoms with Gasteiger partial charge in [0.15, 0.2) is 0 Å². The molecule has 0 saturated carbocycles. The van der Waals surface area contributed by atoms with Crippen LogP contribution < -0.4 is 10.4 Å². The van der Waals surface area contributed by atoms with Crippen LogP contribution in [-0.2, 0) is 10.0 Å². The number of aryl methyl sites for hydroxylation is 1. The lowest BCUT2D eigenvalue weighted by molar-refractivity contribution is 0.213. The van der Waals surface area contributed by atoms with Crippen molar-refractivity contribution >= 4 is 21.6 Å². The molecule has 0 N–H and O–H groups in total. The monoisotopic (exact) mass is 369 g/mol. The van der Waals surface area contributed by atoms with Gasteiger partial charge < -0.3 is 9.15 Å². The average molecular weight is 370 g/mol. The summed E-state index contributed by atoms with van der Waals surface area (Å²) in [4.78, 5) is 11.4. The first-order valence-electron chi connectivity index (χ1n) is 7.39. The molecule has 8 heteroatoms. The molecule has 0 radical (unpaired) electrons. The van der Waals surface area contributed by atoms with Crippen molar-refractivity contribution in [2.45, 2.75) is 24.3 Å². The van der Waals surface area contributed by atoms with Gasteiger partial charge in [-0.1, -0.05) is 23.7 Å². The second-order valence-corrected chi connectivity index (χ2v) is 7.86. The largest absolute Gasteiger partial charge is 0.489 e. The maximum Gasteiger partial charge on any atom is 0.339 e. The van der Waals surface area contributed by atoms with Gasteiger partial charge >= 0.3 is 5.63 Å². The van der Waals surface area contributed by atoms with E-state index in [1.165, 1.54) is 16.4 Å². The molecule has 1 aliphatic rings. The van der Waals surface area contributed by atoms with E-state index in [0.29, 0.717) is 24.5 Å². The predicted octanol–water partition coefficient (Wildman–Crippen LogP) is 2.44. The van der Waals surface area contributed by atoms with Crippen LogP contribution in [0, 0.1) is 6.92 Å². The highest BCUT2D eigenvalue weighted by Crippen LogP contribution is 2.28. The van der Waals surface area contributed by atoms with E-state index in [0.717, 1.165) is 0 Å². The molecule has 1 fully saturated rings. The van der Waals surface area contributed by atoms with Gasteiger partial charge in [0, 0.05) is 12.6 Å². The Labute approximate surface area is 144 Å². The minimum absolute atomic E-state index is 0.0866. The van der Waals surface area contributed by atoms with Gasteiger partial charge in [0.25, 0.3) is 0 Å². The molecule has 1 saturated heterocycles. The molecule has 24 heavy (non-hydrogen) atoms. The Bertz CT molecular complexity index is 909. The highest BCUT2D eigenvalue weighted by atomic mass is 35.5. The zero-order chi connectivity index (χ0) is 17.3. The zero-order valence-corrected chi connectivity index (χ0v) is 14.5. The lowest BCUT2D eigenvalue weighted by Crippen LogP contribution is -2.31. The second-order valence-electron chi connectivity index (χ2n) is 5.54. The van der Waals surface area contributed by atoms with E-state index >= 15 is 0 Å². The highest BCUT2D eigenvalue weighted by Gasteiger charge is 2.34. The zero-order valence-electron chi connectivity index (χ0n) is 12.9. The summed E-state index contributed by atoms with van der Waals surface area (Å²) in [5.74, 6) is 0.821. The Hall–Kier alpha value is -1.83. The van der Waals surface area contributed by atoms with Crippen LogP contribution >= 0.6 is 11.6 Å². The molecule has 3 rings (SSSR count). The number of halogens is 1. The third-order valence-electron chi connectivity index (χ3n) is 3.73. The molecule has 0 bridgehead atoms. The number of nitrogens with zero attached hydrogens (tertiary/aromatic N) is 1. The Morgan fingerprint density at radius 1 is 1.29 bits per heavy atom. The van der Waals surface area contributed by atoms with E-state index in [2.05, 4.69) is 0 Å². The Balaban J connectivity index is 1.75. The molecule has 0 spiro atoms.